The number of carbonyl (C=O) groups excluding carboxylic acids is 1. The predicted octanol–water partition coefficient (Wildman–Crippen LogP) is 2.06. The molecule has 0 bridgehead atoms. The number of aryl methyl sites for hydroxylation is 1. The lowest BCUT2D eigenvalue weighted by molar-refractivity contribution is -0.154. The Hall–Kier alpha value is -2.16. The number of ether oxygens (including phenoxy) is 1. The molecular formula is C16H16Cl2N4O4. The SMILES string of the molecule is CCc1nc(C(=O)N2CCOC(C(=O)O)C2)nn1-c1c(Cl)cccc1Cl. The highest BCUT2D eigenvalue weighted by Gasteiger charge is 2.31. The number of rotatable bonds is 4. The van der Waals surface area contributed by atoms with E-state index in [1.54, 1.807) is 18.2 Å². The third-order valence-electron chi connectivity index (χ3n) is 3.96. The van der Waals surface area contributed by atoms with Crippen molar-refractivity contribution in [3.05, 3.63) is 39.9 Å². The maximum Gasteiger partial charge on any atom is 0.334 e. The van der Waals surface area contributed by atoms with Gasteiger partial charge < -0.3 is 14.7 Å². The standard InChI is InChI=1S/C16H16Cl2N4O4/c1-2-12-19-14(15(23)21-6-7-26-11(8-21)16(24)25)20-22(12)13-9(17)4-3-5-10(13)18/h3-5,11H,2,6-8H2,1H3,(H,24,25). The lowest BCUT2D eigenvalue weighted by atomic mass is 10.2. The van der Waals surface area contributed by atoms with Gasteiger partial charge in [0.25, 0.3) is 5.91 Å². The smallest absolute Gasteiger partial charge is 0.334 e. The first kappa shape index (κ1) is 18.6. The number of halogens is 2. The molecule has 0 aliphatic carbocycles. The number of hydrogen-bond acceptors (Lipinski definition) is 5. The van der Waals surface area contributed by atoms with Crippen LogP contribution in [0, 0.1) is 0 Å². The number of carboxylic acid groups (broad SMARTS) is 1. The summed E-state index contributed by atoms with van der Waals surface area (Å²) >= 11 is 12.5. The zero-order chi connectivity index (χ0) is 18.8. The number of carboxylic acids is 1. The van der Waals surface area contributed by atoms with Crippen LogP contribution in [-0.2, 0) is 16.0 Å². The monoisotopic (exact) mass is 398 g/mol. The second-order valence-corrected chi connectivity index (χ2v) is 6.45. The van der Waals surface area contributed by atoms with Crippen LogP contribution in [0.2, 0.25) is 10.0 Å². The van der Waals surface area contributed by atoms with E-state index in [1.165, 1.54) is 9.58 Å². The molecule has 1 aliphatic heterocycles. The Kier molecular flexibility index (Phi) is 5.45. The molecule has 1 unspecified atom stereocenters. The molecule has 1 aromatic heterocycles. The maximum atomic E-state index is 12.7. The average molecular weight is 399 g/mol. The molecule has 1 saturated heterocycles. The minimum Gasteiger partial charge on any atom is -0.479 e. The molecule has 0 radical (unpaired) electrons. The molecule has 2 heterocycles. The van der Waals surface area contributed by atoms with Crippen molar-refractivity contribution in [1.29, 1.82) is 0 Å². The Morgan fingerprint density at radius 1 is 1.35 bits per heavy atom. The Morgan fingerprint density at radius 3 is 2.65 bits per heavy atom. The van der Waals surface area contributed by atoms with E-state index in [2.05, 4.69) is 10.1 Å². The summed E-state index contributed by atoms with van der Waals surface area (Å²) in [5.74, 6) is -1.09. The van der Waals surface area contributed by atoms with Gasteiger partial charge in [-0.2, -0.15) is 0 Å². The summed E-state index contributed by atoms with van der Waals surface area (Å²) in [7, 11) is 0. The fourth-order valence-corrected chi connectivity index (χ4v) is 3.22. The van der Waals surface area contributed by atoms with Gasteiger partial charge in [0.1, 0.15) is 11.5 Å². The summed E-state index contributed by atoms with van der Waals surface area (Å²) in [4.78, 5) is 29.5. The largest absolute Gasteiger partial charge is 0.479 e. The van der Waals surface area contributed by atoms with E-state index < -0.39 is 18.0 Å². The number of amides is 1. The summed E-state index contributed by atoms with van der Waals surface area (Å²) in [6.45, 7) is 2.22. The van der Waals surface area contributed by atoms with Crippen molar-refractivity contribution in [3.63, 3.8) is 0 Å². The molecule has 26 heavy (non-hydrogen) atoms. The van der Waals surface area contributed by atoms with Gasteiger partial charge in [-0.3, -0.25) is 4.79 Å². The molecule has 0 spiro atoms. The maximum absolute atomic E-state index is 12.7. The van der Waals surface area contributed by atoms with E-state index in [4.69, 9.17) is 33.0 Å². The second-order valence-electron chi connectivity index (χ2n) is 5.64. The molecule has 3 rings (SSSR count). The van der Waals surface area contributed by atoms with Crippen molar-refractivity contribution >= 4 is 35.1 Å². The fourth-order valence-electron chi connectivity index (χ4n) is 2.66. The van der Waals surface area contributed by atoms with Gasteiger partial charge in [0, 0.05) is 13.0 Å². The van der Waals surface area contributed by atoms with Crippen molar-refractivity contribution < 1.29 is 19.4 Å². The Balaban J connectivity index is 1.94. The van der Waals surface area contributed by atoms with E-state index in [9.17, 15) is 9.59 Å². The highest BCUT2D eigenvalue weighted by molar-refractivity contribution is 6.37. The van der Waals surface area contributed by atoms with Crippen LogP contribution >= 0.6 is 23.2 Å². The molecule has 1 fully saturated rings. The van der Waals surface area contributed by atoms with Gasteiger partial charge in [-0.1, -0.05) is 36.2 Å². The quantitative estimate of drug-likeness (QED) is 0.846. The lowest BCUT2D eigenvalue weighted by Crippen LogP contribution is -2.48. The Morgan fingerprint density at radius 2 is 2.04 bits per heavy atom. The number of para-hydroxylation sites is 1. The van der Waals surface area contributed by atoms with Crippen molar-refractivity contribution in [2.75, 3.05) is 19.7 Å². The molecule has 1 amide bonds. The Bertz CT molecular complexity index is 835. The van der Waals surface area contributed by atoms with E-state index in [-0.39, 0.29) is 25.5 Å². The van der Waals surface area contributed by atoms with E-state index in [0.29, 0.717) is 28.0 Å². The number of carbonyl (C=O) groups is 2. The molecule has 1 N–H and O–H groups in total. The zero-order valence-corrected chi connectivity index (χ0v) is 15.4. The second kappa shape index (κ2) is 7.61. The third kappa shape index (κ3) is 3.53. The van der Waals surface area contributed by atoms with Crippen LogP contribution in [0.4, 0.5) is 0 Å². The number of aliphatic carboxylic acids is 1. The van der Waals surface area contributed by atoms with Crippen LogP contribution in [-0.4, -0.2) is 62.4 Å². The van der Waals surface area contributed by atoms with Crippen LogP contribution in [0.1, 0.15) is 23.4 Å². The van der Waals surface area contributed by atoms with Gasteiger partial charge >= 0.3 is 5.97 Å². The molecule has 1 atom stereocenters. The average Bonchev–Trinajstić information content (AvgIpc) is 3.05. The molecule has 0 saturated carbocycles. The number of aromatic nitrogens is 3. The Labute approximate surface area is 159 Å². The van der Waals surface area contributed by atoms with Crippen LogP contribution in [0.5, 0.6) is 0 Å². The van der Waals surface area contributed by atoms with Crippen LogP contribution in [0.15, 0.2) is 18.2 Å². The molecule has 10 heteroatoms. The summed E-state index contributed by atoms with van der Waals surface area (Å²) in [6.07, 6.45) is -0.554. The molecule has 8 nitrogen and oxygen atoms in total. The number of morpholine rings is 1. The molecule has 1 aromatic carbocycles. The molecular weight excluding hydrogens is 383 g/mol. The number of hydrogen-bond donors (Lipinski definition) is 1. The summed E-state index contributed by atoms with van der Waals surface area (Å²) < 4.78 is 6.58. The number of nitrogens with zero attached hydrogens (tertiary/aromatic N) is 4. The predicted molar refractivity (Wildman–Crippen MR) is 94.0 cm³/mol. The fraction of sp³-hybridized carbons (Fsp3) is 0.375. The van der Waals surface area contributed by atoms with Crippen molar-refractivity contribution in [2.45, 2.75) is 19.4 Å². The molecule has 2 aromatic rings. The normalized spacial score (nSPS) is 17.3. The van der Waals surface area contributed by atoms with Gasteiger partial charge in [0.15, 0.2) is 6.10 Å². The highest BCUT2D eigenvalue weighted by atomic mass is 35.5. The summed E-state index contributed by atoms with van der Waals surface area (Å²) in [5, 5.41) is 14.1. The number of benzene rings is 1. The van der Waals surface area contributed by atoms with Crippen molar-refractivity contribution in [2.24, 2.45) is 0 Å². The zero-order valence-electron chi connectivity index (χ0n) is 13.9. The minimum atomic E-state index is -1.11. The van der Waals surface area contributed by atoms with Crippen LogP contribution in [0.3, 0.4) is 0 Å². The summed E-state index contributed by atoms with van der Waals surface area (Å²) in [6, 6.07) is 5.05. The first-order valence-electron chi connectivity index (χ1n) is 7.96. The van der Waals surface area contributed by atoms with Crippen molar-refractivity contribution in [1.82, 2.24) is 19.7 Å². The third-order valence-corrected chi connectivity index (χ3v) is 4.57. The first-order chi connectivity index (χ1) is 12.4. The molecule has 138 valence electrons. The lowest BCUT2D eigenvalue weighted by Gasteiger charge is -2.29. The van der Waals surface area contributed by atoms with Gasteiger partial charge in [-0.15, -0.1) is 5.10 Å². The minimum absolute atomic E-state index is 0.0381. The van der Waals surface area contributed by atoms with Gasteiger partial charge in [0.05, 0.1) is 23.2 Å². The van der Waals surface area contributed by atoms with Gasteiger partial charge in [-0.25, -0.2) is 14.5 Å². The topological polar surface area (TPSA) is 97.6 Å². The summed E-state index contributed by atoms with van der Waals surface area (Å²) in [5.41, 5.74) is 0.449. The van der Waals surface area contributed by atoms with Gasteiger partial charge in [0.2, 0.25) is 5.82 Å². The van der Waals surface area contributed by atoms with E-state index in [1.807, 2.05) is 6.92 Å². The van der Waals surface area contributed by atoms with Crippen molar-refractivity contribution in [3.8, 4) is 5.69 Å². The van der Waals surface area contributed by atoms with Crippen LogP contribution < -0.4 is 0 Å². The van der Waals surface area contributed by atoms with Gasteiger partial charge in [-0.05, 0) is 12.1 Å². The first-order valence-corrected chi connectivity index (χ1v) is 8.72. The molecule has 1 aliphatic rings. The highest BCUT2D eigenvalue weighted by Crippen LogP contribution is 2.29. The van der Waals surface area contributed by atoms with Crippen LogP contribution in [0.25, 0.3) is 5.69 Å². The van der Waals surface area contributed by atoms with E-state index >= 15 is 0 Å². The van der Waals surface area contributed by atoms with E-state index in [0.717, 1.165) is 0 Å².